The maximum Gasteiger partial charge on any atom is 0.134 e. The zero-order chi connectivity index (χ0) is 6.97. The molecule has 2 rings (SSSR count). The van der Waals surface area contributed by atoms with Crippen LogP contribution < -0.4 is 0 Å². The fourth-order valence-electron chi connectivity index (χ4n) is 0.874. The van der Waals surface area contributed by atoms with Gasteiger partial charge in [-0.2, -0.15) is 0 Å². The second-order valence-electron chi connectivity index (χ2n) is 2.02. The van der Waals surface area contributed by atoms with Gasteiger partial charge in [0.05, 0.1) is 6.26 Å². The van der Waals surface area contributed by atoms with Gasteiger partial charge < -0.3 is 4.42 Å². The molecule has 1 aromatic heterocycles. The van der Waals surface area contributed by atoms with Gasteiger partial charge in [-0.1, -0.05) is 0 Å². The van der Waals surface area contributed by atoms with E-state index < -0.39 is 0 Å². The van der Waals surface area contributed by atoms with Gasteiger partial charge in [0.25, 0.3) is 0 Å². The van der Waals surface area contributed by atoms with E-state index in [1.807, 2.05) is 0 Å². The highest BCUT2D eigenvalue weighted by Gasteiger charge is 1.96. The van der Waals surface area contributed by atoms with Gasteiger partial charge in [-0.15, -0.1) is 0 Å². The van der Waals surface area contributed by atoms with E-state index in [-0.39, 0.29) is 5.82 Å². The number of hydrogen-bond donors (Lipinski definition) is 0. The molecule has 0 aliphatic heterocycles. The lowest BCUT2D eigenvalue weighted by atomic mass is 10.2. The molecule has 0 spiro atoms. The van der Waals surface area contributed by atoms with E-state index in [1.165, 1.54) is 18.4 Å². The SMILES string of the molecule is Fc1ccc2oc[c]c2c1. The average Bonchev–Trinajstić information content (AvgIpc) is 2.33. The number of rotatable bonds is 0. The fraction of sp³-hybridized carbons (Fsp3) is 0. The van der Waals surface area contributed by atoms with Crippen molar-refractivity contribution in [3.05, 3.63) is 36.3 Å². The van der Waals surface area contributed by atoms with Crippen LogP contribution in [0.4, 0.5) is 4.39 Å². The van der Waals surface area contributed by atoms with Crippen LogP contribution in [0.5, 0.6) is 0 Å². The first kappa shape index (κ1) is 5.47. The second kappa shape index (κ2) is 1.84. The Labute approximate surface area is 57.1 Å². The standard InChI is InChI=1S/C8H4FO/c9-7-1-2-8-6(5-7)3-4-10-8/h1-2,4-5H. The van der Waals surface area contributed by atoms with Gasteiger partial charge in [-0.25, -0.2) is 4.39 Å². The number of halogens is 1. The summed E-state index contributed by atoms with van der Waals surface area (Å²) in [6, 6.07) is 7.09. The first-order valence-corrected chi connectivity index (χ1v) is 2.91. The second-order valence-corrected chi connectivity index (χ2v) is 2.02. The highest BCUT2D eigenvalue weighted by molar-refractivity contribution is 5.75. The lowest BCUT2D eigenvalue weighted by Crippen LogP contribution is -1.69. The quantitative estimate of drug-likeness (QED) is 0.540. The van der Waals surface area contributed by atoms with Crippen molar-refractivity contribution in [3.63, 3.8) is 0 Å². The highest BCUT2D eigenvalue weighted by atomic mass is 19.1. The molecule has 0 aliphatic carbocycles. The predicted octanol–water partition coefficient (Wildman–Crippen LogP) is 2.37. The molecule has 0 unspecified atom stereocenters. The van der Waals surface area contributed by atoms with E-state index >= 15 is 0 Å². The van der Waals surface area contributed by atoms with Gasteiger partial charge >= 0.3 is 0 Å². The Bertz CT molecular complexity index is 351. The molecule has 49 valence electrons. The third-order valence-corrected chi connectivity index (χ3v) is 1.34. The summed E-state index contributed by atoms with van der Waals surface area (Å²) in [7, 11) is 0. The highest BCUT2D eigenvalue weighted by Crippen LogP contribution is 2.14. The Kier molecular flexibility index (Phi) is 1.01. The van der Waals surface area contributed by atoms with Crippen LogP contribution in [0, 0.1) is 11.9 Å². The van der Waals surface area contributed by atoms with Crippen molar-refractivity contribution in [1.29, 1.82) is 0 Å². The van der Waals surface area contributed by atoms with E-state index in [9.17, 15) is 4.39 Å². The summed E-state index contributed by atoms with van der Waals surface area (Å²) in [6.07, 6.45) is 1.42. The Hall–Kier alpha value is -1.31. The summed E-state index contributed by atoms with van der Waals surface area (Å²) in [5.74, 6) is -0.259. The summed E-state index contributed by atoms with van der Waals surface area (Å²) in [6.45, 7) is 0. The van der Waals surface area contributed by atoms with Crippen LogP contribution in [0.2, 0.25) is 0 Å². The summed E-state index contributed by atoms with van der Waals surface area (Å²) in [5.41, 5.74) is 0.668. The molecule has 1 aromatic carbocycles. The van der Waals surface area contributed by atoms with Gasteiger partial charge in [0.15, 0.2) is 0 Å². The average molecular weight is 135 g/mol. The van der Waals surface area contributed by atoms with Gasteiger partial charge in [-0.3, -0.25) is 0 Å². The normalized spacial score (nSPS) is 10.5. The van der Waals surface area contributed by atoms with Crippen LogP contribution in [0.25, 0.3) is 11.0 Å². The lowest BCUT2D eigenvalue weighted by Gasteiger charge is -1.85. The third kappa shape index (κ3) is 0.692. The van der Waals surface area contributed by atoms with E-state index in [0.29, 0.717) is 11.0 Å². The molecule has 0 saturated heterocycles. The minimum Gasteiger partial charge on any atom is -0.464 e. The predicted molar refractivity (Wildman–Crippen MR) is 35.0 cm³/mol. The Morgan fingerprint density at radius 2 is 2.30 bits per heavy atom. The minimum absolute atomic E-state index is 0.259. The summed E-state index contributed by atoms with van der Waals surface area (Å²) >= 11 is 0. The first-order chi connectivity index (χ1) is 4.86. The van der Waals surface area contributed by atoms with Gasteiger partial charge in [0, 0.05) is 11.5 Å². The van der Waals surface area contributed by atoms with E-state index in [0.717, 1.165) is 0 Å². The van der Waals surface area contributed by atoms with Crippen molar-refractivity contribution < 1.29 is 8.81 Å². The molecule has 1 radical (unpaired) electrons. The van der Waals surface area contributed by atoms with Crippen molar-refractivity contribution >= 4 is 11.0 Å². The maximum absolute atomic E-state index is 12.5. The van der Waals surface area contributed by atoms with E-state index in [4.69, 9.17) is 4.42 Å². The largest absolute Gasteiger partial charge is 0.464 e. The zero-order valence-electron chi connectivity index (χ0n) is 5.10. The molecule has 1 nitrogen and oxygen atoms in total. The van der Waals surface area contributed by atoms with E-state index in [2.05, 4.69) is 6.07 Å². The number of benzene rings is 1. The Morgan fingerprint density at radius 1 is 1.40 bits per heavy atom. The topological polar surface area (TPSA) is 13.1 Å². The van der Waals surface area contributed by atoms with Crippen LogP contribution in [0.15, 0.2) is 28.9 Å². The van der Waals surface area contributed by atoms with Crippen LogP contribution >= 0.6 is 0 Å². The molecular formula is C8H4FO. The monoisotopic (exact) mass is 135 g/mol. The van der Waals surface area contributed by atoms with Gasteiger partial charge in [0.1, 0.15) is 11.4 Å². The van der Waals surface area contributed by atoms with Crippen molar-refractivity contribution in [2.24, 2.45) is 0 Å². The van der Waals surface area contributed by atoms with Crippen LogP contribution in [-0.4, -0.2) is 0 Å². The summed E-state index contributed by atoms with van der Waals surface area (Å²) in [5, 5.41) is 0.681. The Balaban J connectivity index is 2.86. The van der Waals surface area contributed by atoms with Crippen molar-refractivity contribution in [2.45, 2.75) is 0 Å². The van der Waals surface area contributed by atoms with E-state index in [1.54, 1.807) is 6.07 Å². The van der Waals surface area contributed by atoms with Gasteiger partial charge in [-0.05, 0) is 18.2 Å². The number of fused-ring (bicyclic) bond motifs is 1. The molecule has 0 saturated carbocycles. The van der Waals surface area contributed by atoms with Crippen molar-refractivity contribution in [2.75, 3.05) is 0 Å². The summed E-state index contributed by atoms with van der Waals surface area (Å²) in [4.78, 5) is 0. The molecule has 0 atom stereocenters. The minimum atomic E-state index is -0.259. The van der Waals surface area contributed by atoms with Crippen LogP contribution in [0.3, 0.4) is 0 Å². The third-order valence-electron chi connectivity index (χ3n) is 1.34. The molecule has 0 amide bonds. The molecule has 0 aliphatic rings. The fourth-order valence-corrected chi connectivity index (χ4v) is 0.874. The Morgan fingerprint density at radius 3 is 3.20 bits per heavy atom. The van der Waals surface area contributed by atoms with Crippen molar-refractivity contribution in [1.82, 2.24) is 0 Å². The molecule has 1 heterocycles. The maximum atomic E-state index is 12.5. The molecule has 0 bridgehead atoms. The molecule has 0 fully saturated rings. The molecule has 10 heavy (non-hydrogen) atoms. The first-order valence-electron chi connectivity index (χ1n) is 2.91. The zero-order valence-corrected chi connectivity index (χ0v) is 5.10. The van der Waals surface area contributed by atoms with Gasteiger partial charge in [0.2, 0.25) is 0 Å². The lowest BCUT2D eigenvalue weighted by molar-refractivity contribution is 0.609. The van der Waals surface area contributed by atoms with Crippen LogP contribution in [-0.2, 0) is 0 Å². The van der Waals surface area contributed by atoms with Crippen molar-refractivity contribution in [3.8, 4) is 0 Å². The molecule has 2 aromatic rings. The molecular weight excluding hydrogens is 131 g/mol. The molecule has 2 heteroatoms. The number of hydrogen-bond acceptors (Lipinski definition) is 1. The summed E-state index contributed by atoms with van der Waals surface area (Å²) < 4.78 is 17.4. The molecule has 0 N–H and O–H groups in total. The number of furan rings is 1. The smallest absolute Gasteiger partial charge is 0.134 e. The van der Waals surface area contributed by atoms with Crippen LogP contribution in [0.1, 0.15) is 0 Å².